The Morgan fingerprint density at radius 1 is 1.23 bits per heavy atom. The van der Waals surface area contributed by atoms with Gasteiger partial charge in [0.1, 0.15) is 12.4 Å². The van der Waals surface area contributed by atoms with E-state index in [-0.39, 0.29) is 17.8 Å². The molecule has 1 atom stereocenters. The smallest absolute Gasteiger partial charge is 0.240 e. The van der Waals surface area contributed by atoms with Crippen LogP contribution in [0.25, 0.3) is 0 Å². The predicted molar refractivity (Wildman–Crippen MR) is 118 cm³/mol. The molecule has 1 amide bonds. The Morgan fingerprint density at radius 2 is 2.03 bits per heavy atom. The minimum Gasteiger partial charge on any atom is -0.485 e. The van der Waals surface area contributed by atoms with Gasteiger partial charge < -0.3 is 15.5 Å². The van der Waals surface area contributed by atoms with Crippen molar-refractivity contribution in [2.24, 2.45) is 0 Å². The van der Waals surface area contributed by atoms with Crippen molar-refractivity contribution in [1.29, 1.82) is 0 Å². The first-order chi connectivity index (χ1) is 14.4. The highest BCUT2D eigenvalue weighted by Crippen LogP contribution is 2.31. The molecular weight excluding hydrogens is 398 g/mol. The highest BCUT2D eigenvalue weighted by Gasteiger charge is 2.29. The minimum absolute atomic E-state index is 0.0426. The molecule has 2 heterocycles. The van der Waals surface area contributed by atoms with Gasteiger partial charge in [-0.1, -0.05) is 47.7 Å². The number of nitrogens with two attached hydrogens (primary N) is 1. The number of thioether (sulfide) groups is 1. The Bertz CT molecular complexity index is 1080. The zero-order chi connectivity index (χ0) is 21.3. The van der Waals surface area contributed by atoms with Gasteiger partial charge in [-0.3, -0.25) is 4.79 Å². The van der Waals surface area contributed by atoms with Gasteiger partial charge in [0, 0.05) is 12.2 Å². The molecule has 0 spiro atoms. The second kappa shape index (κ2) is 8.39. The van der Waals surface area contributed by atoms with Gasteiger partial charge in [0.05, 0.1) is 5.25 Å². The van der Waals surface area contributed by atoms with Gasteiger partial charge in [-0.05, 0) is 50.5 Å². The average Bonchev–Trinajstić information content (AvgIpc) is 3.31. The largest absolute Gasteiger partial charge is 0.485 e. The normalized spacial score (nSPS) is 13.9. The monoisotopic (exact) mass is 423 g/mol. The summed E-state index contributed by atoms with van der Waals surface area (Å²) in [4.78, 5) is 14.8. The Labute approximate surface area is 180 Å². The topological polar surface area (TPSA) is 86.3 Å². The fourth-order valence-electron chi connectivity index (χ4n) is 3.58. The summed E-state index contributed by atoms with van der Waals surface area (Å²) in [5, 5.41) is 8.45. The van der Waals surface area contributed by atoms with Crippen LogP contribution in [-0.4, -0.2) is 32.6 Å². The van der Waals surface area contributed by atoms with Gasteiger partial charge in [0.15, 0.2) is 5.82 Å². The number of aryl methyl sites for hydroxylation is 2. The summed E-state index contributed by atoms with van der Waals surface area (Å²) in [6.45, 7) is 6.82. The summed E-state index contributed by atoms with van der Waals surface area (Å²) in [7, 11) is 0. The molecule has 0 bridgehead atoms. The van der Waals surface area contributed by atoms with Crippen LogP contribution in [-0.2, 0) is 17.8 Å². The fraction of sp³-hybridized carbons (Fsp3) is 0.318. The molecule has 0 radical (unpaired) electrons. The van der Waals surface area contributed by atoms with E-state index in [1.54, 1.807) is 0 Å². The first-order valence-electron chi connectivity index (χ1n) is 9.89. The van der Waals surface area contributed by atoms with Crippen LogP contribution in [0.4, 0.5) is 5.69 Å². The summed E-state index contributed by atoms with van der Waals surface area (Å²) in [6, 6.07) is 14.0. The fourth-order valence-corrected chi connectivity index (χ4v) is 4.44. The first-order valence-corrected chi connectivity index (χ1v) is 10.8. The number of carbonyl (C=O) groups is 1. The van der Waals surface area contributed by atoms with Crippen LogP contribution in [0.5, 0.6) is 5.75 Å². The zero-order valence-corrected chi connectivity index (χ0v) is 18.1. The molecule has 4 rings (SSSR count). The van der Waals surface area contributed by atoms with Crippen LogP contribution in [0.3, 0.4) is 0 Å². The van der Waals surface area contributed by atoms with Gasteiger partial charge in [-0.25, -0.2) is 4.68 Å². The number of carbonyl (C=O) groups excluding carboxylic acids is 1. The molecule has 156 valence electrons. The maximum absolute atomic E-state index is 13.0. The zero-order valence-electron chi connectivity index (χ0n) is 17.3. The molecule has 2 N–H and O–H groups in total. The van der Waals surface area contributed by atoms with Crippen molar-refractivity contribution in [2.75, 3.05) is 17.3 Å². The molecule has 0 unspecified atom stereocenters. The van der Waals surface area contributed by atoms with E-state index in [1.807, 2.05) is 56.0 Å². The van der Waals surface area contributed by atoms with Crippen molar-refractivity contribution >= 4 is 23.4 Å². The molecule has 3 aromatic rings. The van der Waals surface area contributed by atoms with E-state index in [0.29, 0.717) is 17.5 Å². The molecule has 2 aromatic carbocycles. The van der Waals surface area contributed by atoms with Gasteiger partial charge in [-0.15, -0.1) is 10.2 Å². The number of ether oxygens (including phenoxy) is 1. The summed E-state index contributed by atoms with van der Waals surface area (Å²) in [6.07, 6.45) is 0.881. The number of hydrogen-bond acceptors (Lipinski definition) is 6. The Morgan fingerprint density at radius 3 is 2.83 bits per heavy atom. The summed E-state index contributed by atoms with van der Waals surface area (Å²) < 4.78 is 7.26. The summed E-state index contributed by atoms with van der Waals surface area (Å²) in [5.41, 5.74) is 4.43. The molecule has 7 nitrogen and oxygen atoms in total. The molecule has 30 heavy (non-hydrogen) atoms. The third kappa shape index (κ3) is 4.00. The predicted octanol–water partition coefficient (Wildman–Crippen LogP) is 3.26. The van der Waals surface area contributed by atoms with E-state index in [4.69, 9.17) is 10.6 Å². The maximum Gasteiger partial charge on any atom is 0.240 e. The van der Waals surface area contributed by atoms with Crippen LogP contribution < -0.4 is 15.5 Å². The molecule has 0 fully saturated rings. The lowest BCUT2D eigenvalue weighted by Gasteiger charge is -2.21. The van der Waals surface area contributed by atoms with E-state index in [0.717, 1.165) is 23.4 Å². The van der Waals surface area contributed by atoms with Gasteiger partial charge in [0.2, 0.25) is 11.1 Å². The van der Waals surface area contributed by atoms with E-state index >= 15 is 0 Å². The molecule has 1 aromatic heterocycles. The Hall–Kier alpha value is -3.00. The lowest BCUT2D eigenvalue weighted by Crippen LogP contribution is -2.35. The van der Waals surface area contributed by atoms with E-state index in [9.17, 15) is 4.79 Å². The number of benzene rings is 2. The molecular formula is C22H25N5O2S. The first kappa shape index (κ1) is 20.3. The number of rotatable bonds is 6. The van der Waals surface area contributed by atoms with E-state index in [2.05, 4.69) is 22.3 Å². The average molecular weight is 424 g/mol. The van der Waals surface area contributed by atoms with Crippen LogP contribution in [0.15, 0.2) is 47.6 Å². The molecule has 1 aliphatic heterocycles. The number of nitrogens with zero attached hydrogens (tertiary/aromatic N) is 4. The van der Waals surface area contributed by atoms with Crippen LogP contribution in [0, 0.1) is 13.8 Å². The third-order valence-electron chi connectivity index (χ3n) is 5.21. The molecule has 8 heteroatoms. The van der Waals surface area contributed by atoms with Crippen LogP contribution in [0.1, 0.15) is 29.4 Å². The van der Waals surface area contributed by atoms with Crippen molar-refractivity contribution in [3.8, 4) is 5.75 Å². The molecule has 0 saturated carbocycles. The molecule has 0 aliphatic carbocycles. The van der Waals surface area contributed by atoms with E-state index < -0.39 is 0 Å². The van der Waals surface area contributed by atoms with Crippen molar-refractivity contribution in [2.45, 2.75) is 44.2 Å². The number of amides is 1. The van der Waals surface area contributed by atoms with Gasteiger partial charge >= 0.3 is 0 Å². The second-order valence-corrected chi connectivity index (χ2v) is 8.76. The number of para-hydroxylation sites is 1. The molecule has 1 aliphatic rings. The highest BCUT2D eigenvalue weighted by molar-refractivity contribution is 8.00. The minimum atomic E-state index is -0.337. The van der Waals surface area contributed by atoms with Crippen LogP contribution in [0.2, 0.25) is 0 Å². The third-order valence-corrected chi connectivity index (χ3v) is 6.25. The van der Waals surface area contributed by atoms with Crippen molar-refractivity contribution in [1.82, 2.24) is 14.9 Å². The number of anilines is 1. The van der Waals surface area contributed by atoms with Crippen LogP contribution >= 0.6 is 11.8 Å². The Balaban J connectivity index is 1.41. The lowest BCUT2D eigenvalue weighted by atomic mass is 10.1. The maximum atomic E-state index is 13.0. The quantitative estimate of drug-likeness (QED) is 0.484. The van der Waals surface area contributed by atoms with Gasteiger partial charge in [-0.2, -0.15) is 0 Å². The SMILES string of the molecule is Cc1ccc(OCc2nnc(S[C@@H](C)C(=O)N3CCc4ccccc43)n2N)c(C)c1. The lowest BCUT2D eigenvalue weighted by molar-refractivity contribution is -0.117. The van der Waals surface area contributed by atoms with Gasteiger partial charge in [0.25, 0.3) is 0 Å². The number of nitrogen functional groups attached to an aromatic ring is 1. The second-order valence-electron chi connectivity index (χ2n) is 7.46. The number of hydrogen-bond donors (Lipinski definition) is 1. The van der Waals surface area contributed by atoms with Crippen molar-refractivity contribution < 1.29 is 9.53 Å². The summed E-state index contributed by atoms with van der Waals surface area (Å²) in [5.74, 6) is 7.51. The van der Waals surface area contributed by atoms with Crippen molar-refractivity contribution in [3.63, 3.8) is 0 Å². The van der Waals surface area contributed by atoms with E-state index in [1.165, 1.54) is 27.6 Å². The van der Waals surface area contributed by atoms with Crippen molar-refractivity contribution in [3.05, 3.63) is 65.0 Å². The summed E-state index contributed by atoms with van der Waals surface area (Å²) >= 11 is 1.31. The highest BCUT2D eigenvalue weighted by atomic mass is 32.2. The number of aromatic nitrogens is 3. The number of fused-ring (bicyclic) bond motifs is 1. The standard InChI is InChI=1S/C22H25N5O2S/c1-14-8-9-19(15(2)12-14)29-13-20-24-25-22(27(20)23)30-16(3)21(28)26-11-10-17-6-4-5-7-18(17)26/h4-9,12,16H,10-11,13,23H2,1-3H3/t16-/m0/s1. The molecule has 0 saturated heterocycles. The Kier molecular flexibility index (Phi) is 5.67.